The van der Waals surface area contributed by atoms with Crippen LogP contribution >= 0.6 is 0 Å². The van der Waals surface area contributed by atoms with Gasteiger partial charge in [-0.05, 0) is 49.4 Å². The number of carbonyl (C=O) groups excluding carboxylic acids is 1. The number of nitrogens with one attached hydrogen (secondary N) is 1. The summed E-state index contributed by atoms with van der Waals surface area (Å²) in [6.45, 7) is 3.19. The van der Waals surface area contributed by atoms with Gasteiger partial charge in [0.15, 0.2) is 0 Å². The van der Waals surface area contributed by atoms with Gasteiger partial charge >= 0.3 is 0 Å². The Bertz CT molecular complexity index is 653. The molecule has 0 aromatic heterocycles. The number of hydrogen-bond acceptors (Lipinski definition) is 3. The third kappa shape index (κ3) is 4.27. The summed E-state index contributed by atoms with van der Waals surface area (Å²) >= 11 is 0. The Kier molecular flexibility index (Phi) is 5.18. The lowest BCUT2D eigenvalue weighted by atomic mass is 9.98. The fraction of sp³-hybridized carbons (Fsp3) is 0.533. The summed E-state index contributed by atoms with van der Waals surface area (Å²) in [6.07, 6.45) is 2.68. The van der Waals surface area contributed by atoms with Gasteiger partial charge in [0.1, 0.15) is 5.82 Å². The highest BCUT2D eigenvalue weighted by molar-refractivity contribution is 7.88. The normalized spacial score (nSPS) is 17.4. The molecule has 1 heterocycles. The minimum atomic E-state index is -3.12. The second kappa shape index (κ2) is 6.75. The standard InChI is InChI=1S/C15H21FN2O3S/c1-11-9-13(16)3-4-14(11)15(19)17-10-12-5-7-18(8-6-12)22(2,20)21/h3-4,9,12H,5-8,10H2,1-2H3,(H,17,19). The van der Waals surface area contributed by atoms with Crippen LogP contribution in [0.4, 0.5) is 4.39 Å². The van der Waals surface area contributed by atoms with Crippen LogP contribution in [0.15, 0.2) is 18.2 Å². The molecule has 1 aromatic rings. The van der Waals surface area contributed by atoms with Gasteiger partial charge in [-0.2, -0.15) is 0 Å². The van der Waals surface area contributed by atoms with Crippen molar-refractivity contribution in [2.45, 2.75) is 19.8 Å². The molecule has 7 heteroatoms. The van der Waals surface area contributed by atoms with E-state index in [9.17, 15) is 17.6 Å². The molecular weight excluding hydrogens is 307 g/mol. The molecule has 2 rings (SSSR count). The number of carbonyl (C=O) groups is 1. The molecule has 5 nitrogen and oxygen atoms in total. The summed E-state index contributed by atoms with van der Waals surface area (Å²) in [5.74, 6) is -0.312. The number of rotatable bonds is 4. The number of aryl methyl sites for hydroxylation is 1. The molecule has 0 atom stereocenters. The van der Waals surface area contributed by atoms with E-state index in [1.165, 1.54) is 28.8 Å². The molecule has 1 N–H and O–H groups in total. The second-order valence-electron chi connectivity index (χ2n) is 5.77. The number of piperidine rings is 1. The SMILES string of the molecule is Cc1cc(F)ccc1C(=O)NCC1CCN(S(C)(=O)=O)CC1. The maximum absolute atomic E-state index is 13.0. The van der Waals surface area contributed by atoms with E-state index in [0.29, 0.717) is 30.8 Å². The van der Waals surface area contributed by atoms with E-state index >= 15 is 0 Å². The van der Waals surface area contributed by atoms with Crippen molar-refractivity contribution in [2.24, 2.45) is 5.92 Å². The third-order valence-electron chi connectivity index (χ3n) is 4.03. The molecule has 0 saturated carbocycles. The summed E-state index contributed by atoms with van der Waals surface area (Å²) in [6, 6.07) is 4.08. The lowest BCUT2D eigenvalue weighted by molar-refractivity contribution is 0.0941. The van der Waals surface area contributed by atoms with Crippen LogP contribution in [0.2, 0.25) is 0 Å². The molecule has 0 aliphatic carbocycles. The van der Waals surface area contributed by atoms with Crippen LogP contribution in [0.3, 0.4) is 0 Å². The van der Waals surface area contributed by atoms with Crippen molar-refractivity contribution in [3.05, 3.63) is 35.1 Å². The Morgan fingerprint density at radius 3 is 2.55 bits per heavy atom. The summed E-state index contributed by atoms with van der Waals surface area (Å²) in [5.41, 5.74) is 1.07. The zero-order valence-electron chi connectivity index (χ0n) is 12.8. The van der Waals surface area contributed by atoms with Gasteiger partial charge in [0.25, 0.3) is 5.91 Å². The Hall–Kier alpha value is -1.47. The van der Waals surface area contributed by atoms with Gasteiger partial charge in [-0.1, -0.05) is 0 Å². The molecule has 1 saturated heterocycles. The quantitative estimate of drug-likeness (QED) is 0.911. The van der Waals surface area contributed by atoms with Gasteiger partial charge in [-0.15, -0.1) is 0 Å². The molecule has 1 aliphatic heterocycles. The van der Waals surface area contributed by atoms with E-state index in [4.69, 9.17) is 0 Å². The molecule has 1 fully saturated rings. The Labute approximate surface area is 130 Å². The van der Waals surface area contributed by atoms with Gasteiger partial charge in [-0.25, -0.2) is 17.1 Å². The van der Waals surface area contributed by atoms with Crippen molar-refractivity contribution in [3.8, 4) is 0 Å². The topological polar surface area (TPSA) is 66.5 Å². The fourth-order valence-electron chi connectivity index (χ4n) is 2.66. The van der Waals surface area contributed by atoms with E-state index < -0.39 is 10.0 Å². The summed E-state index contributed by atoms with van der Waals surface area (Å²) in [7, 11) is -3.12. The van der Waals surface area contributed by atoms with Crippen LogP contribution in [-0.4, -0.2) is 44.5 Å². The molecule has 0 bridgehead atoms. The molecule has 1 amide bonds. The average Bonchev–Trinajstić information content (AvgIpc) is 2.44. The smallest absolute Gasteiger partial charge is 0.251 e. The van der Waals surface area contributed by atoms with Crippen molar-refractivity contribution >= 4 is 15.9 Å². The average molecular weight is 328 g/mol. The summed E-state index contributed by atoms with van der Waals surface area (Å²) in [4.78, 5) is 12.1. The van der Waals surface area contributed by atoms with Crippen molar-refractivity contribution in [1.29, 1.82) is 0 Å². The summed E-state index contributed by atoms with van der Waals surface area (Å²) in [5, 5.41) is 2.85. The van der Waals surface area contributed by atoms with Crippen LogP contribution in [0.1, 0.15) is 28.8 Å². The van der Waals surface area contributed by atoms with Crippen LogP contribution in [0.25, 0.3) is 0 Å². The number of nitrogens with zero attached hydrogens (tertiary/aromatic N) is 1. The predicted molar refractivity (Wildman–Crippen MR) is 82.6 cm³/mol. The molecule has 0 spiro atoms. The Morgan fingerprint density at radius 2 is 2.00 bits per heavy atom. The highest BCUT2D eigenvalue weighted by atomic mass is 32.2. The van der Waals surface area contributed by atoms with Crippen LogP contribution in [-0.2, 0) is 10.0 Å². The third-order valence-corrected chi connectivity index (χ3v) is 5.33. The lowest BCUT2D eigenvalue weighted by Gasteiger charge is -2.30. The zero-order valence-corrected chi connectivity index (χ0v) is 13.6. The second-order valence-corrected chi connectivity index (χ2v) is 7.76. The van der Waals surface area contributed by atoms with E-state index in [1.807, 2.05) is 0 Å². The molecule has 122 valence electrons. The molecule has 22 heavy (non-hydrogen) atoms. The first-order valence-electron chi connectivity index (χ1n) is 7.27. The molecular formula is C15H21FN2O3S. The van der Waals surface area contributed by atoms with Crippen molar-refractivity contribution < 1.29 is 17.6 Å². The number of hydrogen-bond donors (Lipinski definition) is 1. The van der Waals surface area contributed by atoms with Crippen LogP contribution in [0.5, 0.6) is 0 Å². The van der Waals surface area contributed by atoms with Crippen molar-refractivity contribution in [3.63, 3.8) is 0 Å². The predicted octanol–water partition coefficient (Wildman–Crippen LogP) is 1.54. The highest BCUT2D eigenvalue weighted by Crippen LogP contribution is 2.18. The molecule has 1 aromatic carbocycles. The first-order valence-corrected chi connectivity index (χ1v) is 9.11. The number of sulfonamides is 1. The largest absolute Gasteiger partial charge is 0.352 e. The van der Waals surface area contributed by atoms with Crippen molar-refractivity contribution in [2.75, 3.05) is 25.9 Å². The maximum Gasteiger partial charge on any atom is 0.251 e. The van der Waals surface area contributed by atoms with E-state index in [2.05, 4.69) is 5.32 Å². The lowest BCUT2D eigenvalue weighted by Crippen LogP contribution is -2.41. The van der Waals surface area contributed by atoms with Gasteiger partial charge in [0, 0.05) is 25.2 Å². The first kappa shape index (κ1) is 16.9. The van der Waals surface area contributed by atoms with Crippen LogP contribution < -0.4 is 5.32 Å². The monoisotopic (exact) mass is 328 g/mol. The molecule has 1 aliphatic rings. The fourth-order valence-corrected chi connectivity index (χ4v) is 3.53. The maximum atomic E-state index is 13.0. The Balaban J connectivity index is 1.85. The van der Waals surface area contributed by atoms with E-state index in [1.54, 1.807) is 6.92 Å². The van der Waals surface area contributed by atoms with E-state index in [0.717, 1.165) is 12.8 Å². The number of amides is 1. The number of benzene rings is 1. The minimum absolute atomic E-state index is 0.219. The zero-order chi connectivity index (χ0) is 16.3. The van der Waals surface area contributed by atoms with Gasteiger partial charge in [0.2, 0.25) is 10.0 Å². The van der Waals surface area contributed by atoms with Gasteiger partial charge in [0.05, 0.1) is 6.26 Å². The highest BCUT2D eigenvalue weighted by Gasteiger charge is 2.25. The minimum Gasteiger partial charge on any atom is -0.352 e. The molecule has 0 radical (unpaired) electrons. The number of halogens is 1. The van der Waals surface area contributed by atoms with Gasteiger partial charge < -0.3 is 5.32 Å². The first-order chi connectivity index (χ1) is 10.3. The van der Waals surface area contributed by atoms with Crippen molar-refractivity contribution in [1.82, 2.24) is 9.62 Å². The molecule has 0 unspecified atom stereocenters. The van der Waals surface area contributed by atoms with Gasteiger partial charge in [-0.3, -0.25) is 4.79 Å². The van der Waals surface area contributed by atoms with E-state index in [-0.39, 0.29) is 17.6 Å². The Morgan fingerprint density at radius 1 is 1.36 bits per heavy atom. The summed E-state index contributed by atoms with van der Waals surface area (Å²) < 4.78 is 37.4. The van der Waals surface area contributed by atoms with Crippen LogP contribution in [0, 0.1) is 18.7 Å².